The Morgan fingerprint density at radius 2 is 1.50 bits per heavy atom. The maximum atomic E-state index is 9.94. The van der Waals surface area contributed by atoms with Gasteiger partial charge in [-0.15, -0.1) is 0 Å². The van der Waals surface area contributed by atoms with Gasteiger partial charge in [-0.1, -0.05) is 45.4 Å². The fourth-order valence-electron chi connectivity index (χ4n) is 1.18. The Hall–Kier alpha value is 0.670. The Morgan fingerprint density at radius 1 is 1.00 bits per heavy atom. The van der Waals surface area contributed by atoms with E-state index in [9.17, 15) is 4.79 Å². The van der Waals surface area contributed by atoms with Crippen molar-refractivity contribution in [2.45, 2.75) is 58.3 Å². The second-order valence-electron chi connectivity index (χ2n) is 3.08. The molecule has 0 atom stereocenters. The van der Waals surface area contributed by atoms with Crippen LogP contribution in [0.1, 0.15) is 59.7 Å². The van der Waals surface area contributed by atoms with E-state index in [0.717, 1.165) is 19.1 Å². The normalized spacial score (nSPS) is 9.08. The first-order valence-electron chi connectivity index (χ1n) is 4.85. The van der Waals surface area contributed by atoms with Gasteiger partial charge in [-0.2, -0.15) is 0 Å². The molecule has 0 heterocycles. The average Bonchev–Trinajstić information content (AvgIpc) is 2.03. The Bertz CT molecular complexity index is 89.0. The molecule has 0 aliphatic rings. The fourth-order valence-corrected chi connectivity index (χ4v) is 1.18. The number of hydrogen-bond acceptors (Lipinski definition) is 1. The predicted octanol–water partition coefficient (Wildman–Crippen LogP) is 0.442. The van der Waals surface area contributed by atoms with Gasteiger partial charge in [-0.05, 0) is 6.42 Å². The zero-order valence-corrected chi connectivity index (χ0v) is 10.6. The van der Waals surface area contributed by atoms with Crippen LogP contribution < -0.4 is 29.6 Å². The second kappa shape index (κ2) is 14.2. The minimum Gasteiger partial charge on any atom is -1.00 e. The summed E-state index contributed by atoms with van der Waals surface area (Å²) < 4.78 is 0. The van der Waals surface area contributed by atoms with Crippen LogP contribution in [0.2, 0.25) is 0 Å². The quantitative estimate of drug-likeness (QED) is 0.301. The van der Waals surface area contributed by atoms with Crippen molar-refractivity contribution in [2.75, 3.05) is 0 Å². The van der Waals surface area contributed by atoms with Crippen LogP contribution in [0.3, 0.4) is 0 Å². The van der Waals surface area contributed by atoms with E-state index < -0.39 is 0 Å². The molecule has 0 saturated carbocycles. The molecule has 0 aliphatic heterocycles. The minimum absolute atomic E-state index is 0. The van der Waals surface area contributed by atoms with Crippen molar-refractivity contribution in [1.82, 2.24) is 0 Å². The molecule has 0 amide bonds. The third kappa shape index (κ3) is 13.3. The molecule has 0 saturated heterocycles. The van der Waals surface area contributed by atoms with Gasteiger partial charge in [0.05, 0.1) is 0 Å². The van der Waals surface area contributed by atoms with Crippen molar-refractivity contribution < 1.29 is 35.8 Å². The SMILES string of the molecule is CCCCCCCCCC=O.[H-].[Na+]. The number of rotatable bonds is 8. The van der Waals surface area contributed by atoms with Crippen LogP contribution >= 0.6 is 0 Å². The summed E-state index contributed by atoms with van der Waals surface area (Å²) in [6, 6.07) is 0. The molecular formula is C10H21NaO. The summed E-state index contributed by atoms with van der Waals surface area (Å²) >= 11 is 0. The molecule has 0 fully saturated rings. The summed E-state index contributed by atoms with van der Waals surface area (Å²) in [7, 11) is 0. The third-order valence-electron chi connectivity index (χ3n) is 1.93. The Morgan fingerprint density at radius 3 is 2.00 bits per heavy atom. The van der Waals surface area contributed by atoms with Crippen LogP contribution in [0, 0.1) is 0 Å². The molecule has 0 aliphatic carbocycles. The molecule has 1 nitrogen and oxygen atoms in total. The molecule has 0 aromatic carbocycles. The molecule has 0 spiro atoms. The zero-order valence-electron chi connectivity index (χ0n) is 9.64. The summed E-state index contributed by atoms with van der Waals surface area (Å²) in [4.78, 5) is 9.94. The van der Waals surface area contributed by atoms with Gasteiger partial charge in [-0.3, -0.25) is 0 Å². The van der Waals surface area contributed by atoms with Crippen molar-refractivity contribution in [3.63, 3.8) is 0 Å². The summed E-state index contributed by atoms with van der Waals surface area (Å²) in [5.41, 5.74) is 0. The maximum Gasteiger partial charge on any atom is 1.00 e. The van der Waals surface area contributed by atoms with E-state index in [1.165, 1.54) is 38.5 Å². The molecule has 0 N–H and O–H groups in total. The summed E-state index contributed by atoms with van der Waals surface area (Å²) in [5, 5.41) is 0. The largest absolute Gasteiger partial charge is 1.00 e. The van der Waals surface area contributed by atoms with Gasteiger partial charge in [0, 0.05) is 6.42 Å². The minimum atomic E-state index is 0. The number of carbonyl (C=O) groups excluding carboxylic acids is 1. The summed E-state index contributed by atoms with van der Waals surface area (Å²) in [6.45, 7) is 2.23. The van der Waals surface area contributed by atoms with Crippen LogP contribution in [-0.4, -0.2) is 6.29 Å². The van der Waals surface area contributed by atoms with Crippen LogP contribution in [0.25, 0.3) is 0 Å². The predicted molar refractivity (Wildman–Crippen MR) is 49.8 cm³/mol. The van der Waals surface area contributed by atoms with Crippen LogP contribution in [0.5, 0.6) is 0 Å². The first-order valence-corrected chi connectivity index (χ1v) is 4.85. The van der Waals surface area contributed by atoms with Gasteiger partial charge in [0.1, 0.15) is 6.29 Å². The smallest absolute Gasteiger partial charge is 1.00 e. The molecule has 0 aromatic heterocycles. The van der Waals surface area contributed by atoms with E-state index in [1.807, 2.05) is 0 Å². The third-order valence-corrected chi connectivity index (χ3v) is 1.93. The van der Waals surface area contributed by atoms with Gasteiger partial charge < -0.3 is 6.22 Å². The fraction of sp³-hybridized carbons (Fsp3) is 0.900. The molecule has 12 heavy (non-hydrogen) atoms. The van der Waals surface area contributed by atoms with E-state index in [4.69, 9.17) is 0 Å². The number of aldehydes is 1. The van der Waals surface area contributed by atoms with Crippen molar-refractivity contribution in [3.05, 3.63) is 0 Å². The molecular weight excluding hydrogens is 159 g/mol. The average molecular weight is 180 g/mol. The van der Waals surface area contributed by atoms with Crippen LogP contribution in [-0.2, 0) is 4.79 Å². The number of hydrogen-bond donors (Lipinski definition) is 0. The van der Waals surface area contributed by atoms with Gasteiger partial charge >= 0.3 is 29.6 Å². The van der Waals surface area contributed by atoms with E-state index >= 15 is 0 Å². The van der Waals surface area contributed by atoms with Crippen molar-refractivity contribution in [1.29, 1.82) is 0 Å². The number of unbranched alkanes of at least 4 members (excludes halogenated alkanes) is 7. The molecule has 0 rings (SSSR count). The van der Waals surface area contributed by atoms with E-state index in [2.05, 4.69) is 6.92 Å². The van der Waals surface area contributed by atoms with Gasteiger partial charge in [0.2, 0.25) is 0 Å². The zero-order chi connectivity index (χ0) is 8.36. The molecule has 2 heteroatoms. The van der Waals surface area contributed by atoms with Gasteiger partial charge in [0.15, 0.2) is 0 Å². The Kier molecular flexibility index (Phi) is 17.9. The van der Waals surface area contributed by atoms with Crippen LogP contribution in [0.15, 0.2) is 0 Å². The molecule has 0 unspecified atom stereocenters. The topological polar surface area (TPSA) is 17.1 Å². The monoisotopic (exact) mass is 180 g/mol. The standard InChI is InChI=1S/C10H20O.Na.H/c1-2-3-4-5-6-7-8-9-10-11;;/h10H,2-9H2,1H3;;/q;+1;-1. The van der Waals surface area contributed by atoms with Gasteiger partial charge in [0.25, 0.3) is 0 Å². The summed E-state index contributed by atoms with van der Waals surface area (Å²) in [6.07, 6.45) is 10.8. The van der Waals surface area contributed by atoms with Crippen molar-refractivity contribution in [3.8, 4) is 0 Å². The van der Waals surface area contributed by atoms with E-state index in [0.29, 0.717) is 0 Å². The van der Waals surface area contributed by atoms with Gasteiger partial charge in [-0.25, -0.2) is 0 Å². The van der Waals surface area contributed by atoms with Crippen molar-refractivity contribution >= 4 is 6.29 Å². The van der Waals surface area contributed by atoms with E-state index in [1.54, 1.807) is 0 Å². The van der Waals surface area contributed by atoms with E-state index in [-0.39, 0.29) is 31.0 Å². The first-order chi connectivity index (χ1) is 5.41. The van der Waals surface area contributed by atoms with Crippen molar-refractivity contribution in [2.24, 2.45) is 0 Å². The Balaban J connectivity index is -0.000000500. The number of carbonyl (C=O) groups is 1. The van der Waals surface area contributed by atoms with Crippen LogP contribution in [0.4, 0.5) is 0 Å². The first kappa shape index (κ1) is 15.2. The summed E-state index contributed by atoms with van der Waals surface area (Å²) in [5.74, 6) is 0. The molecule has 68 valence electrons. The maximum absolute atomic E-state index is 9.94. The molecule has 0 bridgehead atoms. The molecule has 0 radical (unpaired) electrons. The second-order valence-corrected chi connectivity index (χ2v) is 3.08. The molecule has 0 aromatic rings. The Labute approximate surface area is 100 Å².